The molecular weight excluding hydrogens is 374 g/mol. The third-order valence-electron chi connectivity index (χ3n) is 3.79. The third kappa shape index (κ3) is 3.55. The molecular formula is C17H15N3O4S2. The van der Waals surface area contributed by atoms with E-state index in [0.29, 0.717) is 17.9 Å². The van der Waals surface area contributed by atoms with E-state index in [9.17, 15) is 8.42 Å². The van der Waals surface area contributed by atoms with Gasteiger partial charge < -0.3 is 9.47 Å². The van der Waals surface area contributed by atoms with Gasteiger partial charge in [0.1, 0.15) is 5.01 Å². The van der Waals surface area contributed by atoms with Crippen molar-refractivity contribution in [2.45, 2.75) is 11.3 Å². The summed E-state index contributed by atoms with van der Waals surface area (Å²) in [5.41, 5.74) is 1.78. The molecule has 2 aromatic heterocycles. The molecule has 134 valence electrons. The van der Waals surface area contributed by atoms with Gasteiger partial charge in [-0.25, -0.2) is 18.1 Å². The quantitative estimate of drug-likeness (QED) is 0.696. The van der Waals surface area contributed by atoms with Gasteiger partial charge in [-0.3, -0.25) is 4.98 Å². The van der Waals surface area contributed by atoms with Crippen LogP contribution in [0.25, 0.3) is 10.6 Å². The monoisotopic (exact) mass is 389 g/mol. The Morgan fingerprint density at radius 2 is 2.08 bits per heavy atom. The summed E-state index contributed by atoms with van der Waals surface area (Å²) in [7, 11) is -3.62. The van der Waals surface area contributed by atoms with Gasteiger partial charge in [-0.2, -0.15) is 0 Å². The molecule has 26 heavy (non-hydrogen) atoms. The first kappa shape index (κ1) is 17.0. The Balaban J connectivity index is 1.39. The summed E-state index contributed by atoms with van der Waals surface area (Å²) in [6.07, 6.45) is 3.97. The lowest BCUT2D eigenvalue weighted by Crippen LogP contribution is -2.26. The zero-order chi connectivity index (χ0) is 18.0. The molecule has 9 heteroatoms. The minimum Gasteiger partial charge on any atom is -0.454 e. The molecule has 0 aliphatic carbocycles. The molecule has 0 bridgehead atoms. The van der Waals surface area contributed by atoms with Crippen LogP contribution in [0.4, 0.5) is 0 Å². The summed E-state index contributed by atoms with van der Waals surface area (Å²) in [5.74, 6) is 0.989. The SMILES string of the molecule is O=S(=O)(NCCc1csc(-c2cccnc2)n1)c1ccc2c(c1)OCO2. The topological polar surface area (TPSA) is 90.4 Å². The second kappa shape index (κ2) is 7.02. The van der Waals surface area contributed by atoms with Crippen molar-refractivity contribution in [3.63, 3.8) is 0 Å². The van der Waals surface area contributed by atoms with E-state index >= 15 is 0 Å². The number of nitrogens with zero attached hydrogens (tertiary/aromatic N) is 2. The van der Waals surface area contributed by atoms with Gasteiger partial charge >= 0.3 is 0 Å². The Kier molecular flexibility index (Phi) is 4.58. The fourth-order valence-corrected chi connectivity index (χ4v) is 4.38. The van der Waals surface area contributed by atoms with E-state index in [-0.39, 0.29) is 18.2 Å². The minimum absolute atomic E-state index is 0.107. The van der Waals surface area contributed by atoms with Crippen LogP contribution in [0.2, 0.25) is 0 Å². The van der Waals surface area contributed by atoms with Crippen molar-refractivity contribution in [1.82, 2.24) is 14.7 Å². The van der Waals surface area contributed by atoms with Crippen LogP contribution in [0.15, 0.2) is 53.0 Å². The van der Waals surface area contributed by atoms with E-state index in [1.807, 2.05) is 17.5 Å². The number of pyridine rings is 1. The summed E-state index contributed by atoms with van der Waals surface area (Å²) < 4.78 is 37.8. The highest BCUT2D eigenvalue weighted by Gasteiger charge is 2.20. The van der Waals surface area contributed by atoms with Gasteiger partial charge in [0.25, 0.3) is 0 Å². The molecule has 0 unspecified atom stereocenters. The van der Waals surface area contributed by atoms with Gasteiger partial charge in [0.05, 0.1) is 10.6 Å². The lowest BCUT2D eigenvalue weighted by atomic mass is 10.3. The van der Waals surface area contributed by atoms with Gasteiger partial charge in [-0.1, -0.05) is 0 Å². The van der Waals surface area contributed by atoms with Crippen molar-refractivity contribution in [2.75, 3.05) is 13.3 Å². The van der Waals surface area contributed by atoms with Crippen molar-refractivity contribution < 1.29 is 17.9 Å². The number of rotatable bonds is 6. The molecule has 1 aliphatic rings. The average molecular weight is 389 g/mol. The van der Waals surface area contributed by atoms with Crippen molar-refractivity contribution in [3.8, 4) is 22.1 Å². The molecule has 3 heterocycles. The number of hydrogen-bond donors (Lipinski definition) is 1. The maximum Gasteiger partial charge on any atom is 0.240 e. The highest BCUT2D eigenvalue weighted by Crippen LogP contribution is 2.33. The molecule has 0 fully saturated rings. The van der Waals surface area contributed by atoms with Crippen LogP contribution in [-0.4, -0.2) is 31.7 Å². The molecule has 0 saturated carbocycles. The number of fused-ring (bicyclic) bond motifs is 1. The van der Waals surface area contributed by atoms with Gasteiger partial charge in [0.2, 0.25) is 16.8 Å². The van der Waals surface area contributed by atoms with Crippen LogP contribution >= 0.6 is 11.3 Å². The zero-order valence-corrected chi connectivity index (χ0v) is 15.2. The van der Waals surface area contributed by atoms with E-state index in [0.717, 1.165) is 16.3 Å². The number of sulfonamides is 1. The molecule has 3 aromatic rings. The predicted molar refractivity (Wildman–Crippen MR) is 96.8 cm³/mol. The van der Waals surface area contributed by atoms with Crippen molar-refractivity contribution in [2.24, 2.45) is 0 Å². The second-order valence-corrected chi connectivity index (χ2v) is 8.17. The zero-order valence-electron chi connectivity index (χ0n) is 13.6. The predicted octanol–water partition coefficient (Wildman–Crippen LogP) is 2.45. The molecule has 0 radical (unpaired) electrons. The van der Waals surface area contributed by atoms with E-state index in [2.05, 4.69) is 14.7 Å². The number of benzene rings is 1. The second-order valence-electron chi connectivity index (χ2n) is 5.55. The number of hydrogen-bond acceptors (Lipinski definition) is 7. The first-order valence-electron chi connectivity index (χ1n) is 7.86. The molecule has 0 saturated heterocycles. The molecule has 1 aromatic carbocycles. The average Bonchev–Trinajstić information content (AvgIpc) is 3.31. The van der Waals surface area contributed by atoms with Crippen molar-refractivity contribution in [1.29, 1.82) is 0 Å². The van der Waals surface area contributed by atoms with Crippen LogP contribution in [0.3, 0.4) is 0 Å². The van der Waals surface area contributed by atoms with Crippen LogP contribution in [-0.2, 0) is 16.4 Å². The molecule has 0 spiro atoms. The van der Waals surface area contributed by atoms with Crippen LogP contribution in [0.5, 0.6) is 11.5 Å². The van der Waals surface area contributed by atoms with Crippen LogP contribution < -0.4 is 14.2 Å². The fraction of sp³-hybridized carbons (Fsp3) is 0.176. The lowest BCUT2D eigenvalue weighted by molar-refractivity contribution is 0.174. The standard InChI is InChI=1S/C17H15N3O4S2/c21-26(22,14-3-4-15-16(8-14)24-11-23-15)19-7-5-13-10-25-17(20-13)12-2-1-6-18-9-12/h1-4,6,8-10,19H,5,7,11H2. The molecule has 1 aliphatic heterocycles. The Morgan fingerprint density at radius 3 is 2.92 bits per heavy atom. The van der Waals surface area contributed by atoms with Crippen LogP contribution in [0, 0.1) is 0 Å². The summed E-state index contributed by atoms with van der Waals surface area (Å²) >= 11 is 1.51. The largest absolute Gasteiger partial charge is 0.454 e. The third-order valence-corrected chi connectivity index (χ3v) is 6.19. The molecule has 1 N–H and O–H groups in total. The minimum atomic E-state index is -3.62. The molecule has 0 amide bonds. The summed E-state index contributed by atoms with van der Waals surface area (Å²) in [4.78, 5) is 8.76. The highest BCUT2D eigenvalue weighted by atomic mass is 32.2. The first-order chi connectivity index (χ1) is 12.6. The summed E-state index contributed by atoms with van der Waals surface area (Å²) in [6.45, 7) is 0.363. The maximum atomic E-state index is 12.4. The van der Waals surface area contributed by atoms with E-state index in [1.165, 1.54) is 23.5 Å². The van der Waals surface area contributed by atoms with E-state index in [1.54, 1.807) is 18.5 Å². The molecule has 4 rings (SSSR count). The number of ether oxygens (including phenoxy) is 2. The highest BCUT2D eigenvalue weighted by molar-refractivity contribution is 7.89. The van der Waals surface area contributed by atoms with E-state index < -0.39 is 10.0 Å². The van der Waals surface area contributed by atoms with Gasteiger partial charge in [0, 0.05) is 42.4 Å². The summed E-state index contributed by atoms with van der Waals surface area (Å²) in [5, 5.41) is 2.80. The summed E-state index contributed by atoms with van der Waals surface area (Å²) in [6, 6.07) is 8.36. The smallest absolute Gasteiger partial charge is 0.240 e. The van der Waals surface area contributed by atoms with E-state index in [4.69, 9.17) is 9.47 Å². The Morgan fingerprint density at radius 1 is 1.19 bits per heavy atom. The van der Waals surface area contributed by atoms with Crippen molar-refractivity contribution in [3.05, 3.63) is 53.8 Å². The van der Waals surface area contributed by atoms with Gasteiger partial charge in [-0.05, 0) is 24.3 Å². The molecule has 7 nitrogen and oxygen atoms in total. The van der Waals surface area contributed by atoms with Gasteiger partial charge in [0.15, 0.2) is 11.5 Å². The maximum absolute atomic E-state index is 12.4. The normalized spacial score (nSPS) is 13.1. The Bertz CT molecular complexity index is 1020. The number of aromatic nitrogens is 2. The fourth-order valence-electron chi connectivity index (χ4n) is 2.48. The van der Waals surface area contributed by atoms with Crippen molar-refractivity contribution >= 4 is 21.4 Å². The lowest BCUT2D eigenvalue weighted by Gasteiger charge is -2.06. The Hall–Kier alpha value is -2.49. The van der Waals surface area contributed by atoms with Gasteiger partial charge in [-0.15, -0.1) is 11.3 Å². The number of nitrogens with one attached hydrogen (secondary N) is 1. The molecule has 0 atom stereocenters. The first-order valence-corrected chi connectivity index (χ1v) is 10.2. The van der Waals surface area contributed by atoms with Crippen LogP contribution in [0.1, 0.15) is 5.69 Å². The Labute approximate surface area is 154 Å². The number of thiazole rings is 1.